The van der Waals surface area contributed by atoms with Crippen LogP contribution >= 0.6 is 0 Å². The zero-order valence-corrected chi connectivity index (χ0v) is 11.4. The Bertz CT molecular complexity index is 212. The predicted molar refractivity (Wildman–Crippen MR) is 70.0 cm³/mol. The van der Waals surface area contributed by atoms with Gasteiger partial charge in [-0.1, -0.05) is 26.2 Å². The molecule has 1 rings (SSSR count). The van der Waals surface area contributed by atoms with E-state index in [0.717, 1.165) is 19.5 Å². The second-order valence-corrected chi connectivity index (χ2v) is 4.90. The summed E-state index contributed by atoms with van der Waals surface area (Å²) in [5, 5.41) is 0. The van der Waals surface area contributed by atoms with Crippen LogP contribution in [0.25, 0.3) is 0 Å². The van der Waals surface area contributed by atoms with Crippen molar-refractivity contribution in [3.8, 4) is 0 Å². The molecule has 0 aliphatic carbocycles. The maximum atomic E-state index is 11.6. The Hall–Kier alpha value is -0.570. The number of unbranched alkanes of at least 4 members (excludes halogenated alkanes) is 1. The fourth-order valence-corrected chi connectivity index (χ4v) is 2.55. The number of hydrogen-bond acceptors (Lipinski definition) is 3. The molecule has 1 fully saturated rings. The second kappa shape index (κ2) is 8.51. The number of carbonyl (C=O) groups is 1. The maximum Gasteiger partial charge on any atom is 0.307 e. The SMILES string of the molecule is CCCCC(CC(=O)OCC)N1CCCCC1. The fraction of sp³-hybridized carbons (Fsp3) is 0.929. The fourth-order valence-electron chi connectivity index (χ4n) is 2.55. The van der Waals surface area contributed by atoms with Crippen LogP contribution in [0.15, 0.2) is 0 Å². The first-order valence-electron chi connectivity index (χ1n) is 7.17. The Labute approximate surface area is 106 Å². The highest BCUT2D eigenvalue weighted by atomic mass is 16.5. The Kier molecular flexibility index (Phi) is 7.25. The van der Waals surface area contributed by atoms with E-state index < -0.39 is 0 Å². The number of rotatable bonds is 7. The minimum absolute atomic E-state index is 0.0285. The van der Waals surface area contributed by atoms with Crippen molar-refractivity contribution in [3.63, 3.8) is 0 Å². The largest absolute Gasteiger partial charge is 0.466 e. The molecule has 3 heteroatoms. The highest BCUT2D eigenvalue weighted by Crippen LogP contribution is 2.19. The summed E-state index contributed by atoms with van der Waals surface area (Å²) in [4.78, 5) is 14.1. The van der Waals surface area contributed by atoms with Gasteiger partial charge in [-0.25, -0.2) is 0 Å². The van der Waals surface area contributed by atoms with Crippen LogP contribution in [0.5, 0.6) is 0 Å². The van der Waals surface area contributed by atoms with Crippen LogP contribution in [-0.4, -0.2) is 36.6 Å². The molecule has 0 aromatic heterocycles. The lowest BCUT2D eigenvalue weighted by molar-refractivity contribution is -0.144. The lowest BCUT2D eigenvalue weighted by Gasteiger charge is -2.34. The zero-order chi connectivity index (χ0) is 12.5. The Balaban J connectivity index is 2.43. The quantitative estimate of drug-likeness (QED) is 0.642. The Morgan fingerprint density at radius 2 is 1.94 bits per heavy atom. The van der Waals surface area contributed by atoms with E-state index in [-0.39, 0.29) is 5.97 Å². The average Bonchev–Trinajstić information content (AvgIpc) is 2.36. The lowest BCUT2D eigenvalue weighted by atomic mass is 10.0. The van der Waals surface area contributed by atoms with Crippen LogP contribution < -0.4 is 0 Å². The van der Waals surface area contributed by atoms with E-state index in [1.807, 2.05) is 6.92 Å². The van der Waals surface area contributed by atoms with Gasteiger partial charge >= 0.3 is 5.97 Å². The number of piperidine rings is 1. The molecule has 100 valence electrons. The zero-order valence-electron chi connectivity index (χ0n) is 11.4. The summed E-state index contributed by atoms with van der Waals surface area (Å²) in [6.45, 7) is 6.90. The molecule has 3 nitrogen and oxygen atoms in total. The third-order valence-corrected chi connectivity index (χ3v) is 3.51. The van der Waals surface area contributed by atoms with Crippen molar-refractivity contribution < 1.29 is 9.53 Å². The normalized spacial score (nSPS) is 18.9. The van der Waals surface area contributed by atoms with E-state index >= 15 is 0 Å². The van der Waals surface area contributed by atoms with Gasteiger partial charge in [-0.15, -0.1) is 0 Å². The monoisotopic (exact) mass is 241 g/mol. The summed E-state index contributed by atoms with van der Waals surface area (Å²) in [5.74, 6) is -0.0285. The molecule has 0 aromatic rings. The molecule has 0 spiro atoms. The minimum Gasteiger partial charge on any atom is -0.466 e. The minimum atomic E-state index is -0.0285. The summed E-state index contributed by atoms with van der Waals surface area (Å²) in [5.41, 5.74) is 0. The highest BCUT2D eigenvalue weighted by molar-refractivity contribution is 5.70. The third kappa shape index (κ3) is 5.53. The first kappa shape index (κ1) is 14.5. The highest BCUT2D eigenvalue weighted by Gasteiger charge is 2.23. The molecule has 1 aliphatic heterocycles. The van der Waals surface area contributed by atoms with Gasteiger partial charge in [0.25, 0.3) is 0 Å². The van der Waals surface area contributed by atoms with Crippen molar-refractivity contribution in [2.24, 2.45) is 0 Å². The van der Waals surface area contributed by atoms with Gasteiger partial charge in [-0.05, 0) is 39.3 Å². The van der Waals surface area contributed by atoms with Crippen molar-refractivity contribution in [2.75, 3.05) is 19.7 Å². The molecule has 1 heterocycles. The van der Waals surface area contributed by atoms with E-state index in [2.05, 4.69) is 11.8 Å². The molecule has 1 unspecified atom stereocenters. The Morgan fingerprint density at radius 1 is 1.24 bits per heavy atom. The van der Waals surface area contributed by atoms with Crippen LogP contribution in [-0.2, 0) is 9.53 Å². The molecule has 17 heavy (non-hydrogen) atoms. The van der Waals surface area contributed by atoms with Crippen molar-refractivity contribution >= 4 is 5.97 Å². The molecule has 1 atom stereocenters. The number of carbonyl (C=O) groups excluding carboxylic acids is 1. The van der Waals surface area contributed by atoms with E-state index in [1.54, 1.807) is 0 Å². The number of likely N-dealkylation sites (tertiary alicyclic amines) is 1. The van der Waals surface area contributed by atoms with Crippen molar-refractivity contribution in [1.29, 1.82) is 0 Å². The molecule has 0 radical (unpaired) electrons. The molecule has 0 aromatic carbocycles. The molecule has 1 aliphatic rings. The molecule has 0 saturated carbocycles. The third-order valence-electron chi connectivity index (χ3n) is 3.51. The van der Waals surface area contributed by atoms with Gasteiger partial charge in [0.15, 0.2) is 0 Å². The summed E-state index contributed by atoms with van der Waals surface area (Å²) >= 11 is 0. The number of hydrogen-bond donors (Lipinski definition) is 0. The summed E-state index contributed by atoms with van der Waals surface area (Å²) in [6, 6.07) is 0.411. The Morgan fingerprint density at radius 3 is 2.53 bits per heavy atom. The molecule has 0 bridgehead atoms. The topological polar surface area (TPSA) is 29.5 Å². The number of esters is 1. The summed E-state index contributed by atoms with van der Waals surface area (Å²) in [6.07, 6.45) is 8.03. The van der Waals surface area contributed by atoms with Crippen molar-refractivity contribution in [1.82, 2.24) is 4.90 Å². The van der Waals surface area contributed by atoms with Gasteiger partial charge in [-0.2, -0.15) is 0 Å². The van der Waals surface area contributed by atoms with E-state index in [1.165, 1.54) is 32.1 Å². The van der Waals surface area contributed by atoms with Gasteiger partial charge in [0.2, 0.25) is 0 Å². The molecule has 0 amide bonds. The van der Waals surface area contributed by atoms with Crippen LogP contribution in [0.3, 0.4) is 0 Å². The van der Waals surface area contributed by atoms with Gasteiger partial charge in [0.1, 0.15) is 0 Å². The average molecular weight is 241 g/mol. The standard InChI is InChI=1S/C14H27NO2/c1-3-5-9-13(12-14(16)17-4-2)15-10-7-6-8-11-15/h13H,3-12H2,1-2H3. The molecule has 0 N–H and O–H groups in total. The van der Waals surface area contributed by atoms with E-state index in [0.29, 0.717) is 19.1 Å². The summed E-state index contributed by atoms with van der Waals surface area (Å²) < 4.78 is 5.08. The van der Waals surface area contributed by atoms with E-state index in [9.17, 15) is 4.79 Å². The first-order valence-corrected chi connectivity index (χ1v) is 7.17. The second-order valence-electron chi connectivity index (χ2n) is 4.90. The van der Waals surface area contributed by atoms with E-state index in [4.69, 9.17) is 4.74 Å². The van der Waals surface area contributed by atoms with Gasteiger partial charge in [0, 0.05) is 6.04 Å². The first-order chi connectivity index (χ1) is 8.27. The maximum absolute atomic E-state index is 11.6. The number of ether oxygens (including phenoxy) is 1. The number of nitrogens with zero attached hydrogens (tertiary/aromatic N) is 1. The van der Waals surface area contributed by atoms with Crippen LogP contribution in [0.2, 0.25) is 0 Å². The lowest BCUT2D eigenvalue weighted by Crippen LogP contribution is -2.40. The smallest absolute Gasteiger partial charge is 0.307 e. The summed E-state index contributed by atoms with van der Waals surface area (Å²) in [7, 11) is 0. The van der Waals surface area contributed by atoms with Gasteiger partial charge in [-0.3, -0.25) is 9.69 Å². The van der Waals surface area contributed by atoms with Crippen LogP contribution in [0.4, 0.5) is 0 Å². The van der Waals surface area contributed by atoms with Crippen molar-refractivity contribution in [3.05, 3.63) is 0 Å². The van der Waals surface area contributed by atoms with Crippen LogP contribution in [0, 0.1) is 0 Å². The van der Waals surface area contributed by atoms with Crippen LogP contribution in [0.1, 0.15) is 58.8 Å². The van der Waals surface area contributed by atoms with Crippen molar-refractivity contribution in [2.45, 2.75) is 64.8 Å². The molecular formula is C14H27NO2. The molecule has 1 saturated heterocycles. The van der Waals surface area contributed by atoms with Gasteiger partial charge < -0.3 is 4.74 Å². The van der Waals surface area contributed by atoms with Gasteiger partial charge in [0.05, 0.1) is 13.0 Å². The predicted octanol–water partition coefficient (Wildman–Crippen LogP) is 2.98. The molecular weight excluding hydrogens is 214 g/mol.